The van der Waals surface area contributed by atoms with Crippen molar-refractivity contribution in [2.75, 3.05) is 12.4 Å². The molecule has 100 valence electrons. The largest absolute Gasteiger partial charge is 0.495 e. The monoisotopic (exact) mass is 279 g/mol. The first-order valence-electron chi connectivity index (χ1n) is 5.57. The fraction of sp³-hybridized carbons (Fsp3) is 0.250. The Morgan fingerprint density at radius 3 is 2.89 bits per heavy atom. The highest BCUT2D eigenvalue weighted by atomic mass is 32.1. The molecular weight excluding hydrogens is 266 g/mol. The van der Waals surface area contributed by atoms with E-state index in [0.29, 0.717) is 18.0 Å². The van der Waals surface area contributed by atoms with E-state index in [0.717, 1.165) is 10.6 Å². The minimum absolute atomic E-state index is 0.0318. The Balaban J connectivity index is 2.20. The number of nitrogens with zero attached hydrogens (tertiary/aromatic N) is 2. The number of benzene rings is 1. The molecule has 0 atom stereocenters. The number of aromatic nitrogens is 1. The van der Waals surface area contributed by atoms with E-state index in [1.165, 1.54) is 19.2 Å². The van der Waals surface area contributed by atoms with Crippen LogP contribution in [-0.4, -0.2) is 17.0 Å². The molecule has 0 unspecified atom stereocenters. The van der Waals surface area contributed by atoms with Crippen molar-refractivity contribution in [3.63, 3.8) is 0 Å². The molecule has 0 saturated heterocycles. The van der Waals surface area contributed by atoms with Crippen LogP contribution in [0.5, 0.6) is 5.75 Å². The topological polar surface area (TPSA) is 77.3 Å². The molecule has 6 nitrogen and oxygen atoms in total. The van der Waals surface area contributed by atoms with Crippen molar-refractivity contribution in [2.45, 2.75) is 13.5 Å². The van der Waals surface area contributed by atoms with Gasteiger partial charge in [0.05, 0.1) is 35.5 Å². The molecule has 0 amide bonds. The molecule has 0 aliphatic rings. The maximum absolute atomic E-state index is 10.8. The van der Waals surface area contributed by atoms with E-state index in [2.05, 4.69) is 10.3 Å². The summed E-state index contributed by atoms with van der Waals surface area (Å²) in [7, 11) is 1.53. The Morgan fingerprint density at radius 1 is 1.53 bits per heavy atom. The predicted octanol–water partition coefficient (Wildman–Crippen LogP) is 2.98. The summed E-state index contributed by atoms with van der Waals surface area (Å²) in [6, 6.07) is 4.47. The third-order valence-corrected chi connectivity index (χ3v) is 3.61. The predicted molar refractivity (Wildman–Crippen MR) is 73.8 cm³/mol. The van der Waals surface area contributed by atoms with Gasteiger partial charge in [-0.05, 0) is 13.0 Å². The number of hydrogen-bond acceptors (Lipinski definition) is 6. The number of hydrogen-bond donors (Lipinski definition) is 1. The van der Waals surface area contributed by atoms with Crippen molar-refractivity contribution >= 4 is 22.7 Å². The SMILES string of the molecule is COc1ccc([N+](=O)[O-])cc1NCc1scnc1C. The fourth-order valence-corrected chi connectivity index (χ4v) is 2.34. The Hall–Kier alpha value is -2.15. The van der Waals surface area contributed by atoms with Crippen LogP contribution in [0, 0.1) is 17.0 Å². The minimum Gasteiger partial charge on any atom is -0.495 e. The van der Waals surface area contributed by atoms with Gasteiger partial charge in [0.15, 0.2) is 0 Å². The molecule has 0 bridgehead atoms. The highest BCUT2D eigenvalue weighted by molar-refractivity contribution is 7.09. The van der Waals surface area contributed by atoms with Crippen molar-refractivity contribution in [1.82, 2.24) is 4.98 Å². The quantitative estimate of drug-likeness (QED) is 0.672. The molecule has 1 aromatic carbocycles. The first kappa shape index (κ1) is 13.3. The van der Waals surface area contributed by atoms with Crippen LogP contribution in [0.2, 0.25) is 0 Å². The van der Waals surface area contributed by atoms with Crippen LogP contribution >= 0.6 is 11.3 Å². The molecule has 19 heavy (non-hydrogen) atoms. The van der Waals surface area contributed by atoms with Crippen LogP contribution in [0.25, 0.3) is 0 Å². The van der Waals surface area contributed by atoms with E-state index < -0.39 is 4.92 Å². The zero-order valence-corrected chi connectivity index (χ0v) is 11.4. The third kappa shape index (κ3) is 3.00. The molecule has 1 aromatic heterocycles. The van der Waals surface area contributed by atoms with E-state index in [4.69, 9.17) is 4.74 Å². The summed E-state index contributed by atoms with van der Waals surface area (Å²) in [5.41, 5.74) is 3.37. The molecule has 1 N–H and O–H groups in total. The highest BCUT2D eigenvalue weighted by Crippen LogP contribution is 2.29. The van der Waals surface area contributed by atoms with E-state index >= 15 is 0 Å². The van der Waals surface area contributed by atoms with Crippen molar-refractivity contribution < 1.29 is 9.66 Å². The summed E-state index contributed by atoms with van der Waals surface area (Å²) >= 11 is 1.54. The second kappa shape index (κ2) is 5.66. The number of nitro groups is 1. The van der Waals surface area contributed by atoms with Crippen molar-refractivity contribution in [2.24, 2.45) is 0 Å². The Bertz CT molecular complexity index is 598. The smallest absolute Gasteiger partial charge is 0.271 e. The number of nitrogens with one attached hydrogen (secondary N) is 1. The summed E-state index contributed by atoms with van der Waals surface area (Å²) in [5.74, 6) is 0.577. The van der Waals surface area contributed by atoms with Gasteiger partial charge in [-0.15, -0.1) is 11.3 Å². The molecule has 0 aliphatic heterocycles. The standard InChI is InChI=1S/C12H13N3O3S/c1-8-12(19-7-14-8)6-13-10-5-9(15(16)17)3-4-11(10)18-2/h3-5,7,13H,6H2,1-2H3. The van der Waals surface area contributed by atoms with Crippen LogP contribution in [0.3, 0.4) is 0 Å². The normalized spacial score (nSPS) is 10.2. The number of rotatable bonds is 5. The second-order valence-electron chi connectivity index (χ2n) is 3.86. The van der Waals surface area contributed by atoms with Crippen molar-refractivity contribution in [3.05, 3.63) is 44.4 Å². The number of anilines is 1. The number of thiazole rings is 1. The van der Waals surface area contributed by atoms with Gasteiger partial charge in [0.25, 0.3) is 5.69 Å². The molecule has 0 fully saturated rings. The minimum atomic E-state index is -0.428. The number of non-ortho nitro benzene ring substituents is 1. The molecule has 0 saturated carbocycles. The van der Waals surface area contributed by atoms with Gasteiger partial charge < -0.3 is 10.1 Å². The average Bonchev–Trinajstić information content (AvgIpc) is 2.81. The van der Waals surface area contributed by atoms with E-state index in [1.54, 1.807) is 22.9 Å². The van der Waals surface area contributed by atoms with Gasteiger partial charge in [-0.3, -0.25) is 10.1 Å². The summed E-state index contributed by atoms with van der Waals surface area (Å²) in [6.07, 6.45) is 0. The van der Waals surface area contributed by atoms with E-state index in [1.807, 2.05) is 6.92 Å². The fourth-order valence-electron chi connectivity index (χ4n) is 1.62. The van der Waals surface area contributed by atoms with Crippen molar-refractivity contribution in [1.29, 1.82) is 0 Å². The zero-order chi connectivity index (χ0) is 13.8. The van der Waals surface area contributed by atoms with Gasteiger partial charge in [-0.25, -0.2) is 4.98 Å². The van der Waals surface area contributed by atoms with E-state index in [-0.39, 0.29) is 5.69 Å². The molecule has 7 heteroatoms. The molecule has 2 aromatic rings. The summed E-state index contributed by atoms with van der Waals surface area (Å²) in [5, 5.41) is 13.9. The number of methoxy groups -OCH3 is 1. The molecule has 1 heterocycles. The van der Waals surface area contributed by atoms with Gasteiger partial charge >= 0.3 is 0 Å². The maximum Gasteiger partial charge on any atom is 0.271 e. The Kier molecular flexibility index (Phi) is 3.96. The lowest BCUT2D eigenvalue weighted by Crippen LogP contribution is -2.02. The van der Waals surface area contributed by atoms with Gasteiger partial charge in [0, 0.05) is 17.0 Å². The van der Waals surface area contributed by atoms with Crippen molar-refractivity contribution in [3.8, 4) is 5.75 Å². The molecule has 0 aliphatic carbocycles. The Labute approximate surface area is 114 Å². The first-order chi connectivity index (χ1) is 9.11. The lowest BCUT2D eigenvalue weighted by molar-refractivity contribution is -0.384. The van der Waals surface area contributed by atoms with Gasteiger partial charge in [-0.2, -0.15) is 0 Å². The first-order valence-corrected chi connectivity index (χ1v) is 6.45. The summed E-state index contributed by atoms with van der Waals surface area (Å²) in [4.78, 5) is 15.6. The van der Waals surface area contributed by atoms with E-state index in [9.17, 15) is 10.1 Å². The summed E-state index contributed by atoms with van der Waals surface area (Å²) < 4.78 is 5.18. The third-order valence-electron chi connectivity index (χ3n) is 2.68. The van der Waals surface area contributed by atoms with Gasteiger partial charge in [0.1, 0.15) is 5.75 Å². The number of nitro benzene ring substituents is 1. The van der Waals surface area contributed by atoms with Crippen LogP contribution in [0.15, 0.2) is 23.7 Å². The number of aryl methyl sites for hydroxylation is 1. The molecular formula is C12H13N3O3S. The highest BCUT2D eigenvalue weighted by Gasteiger charge is 2.11. The van der Waals surface area contributed by atoms with Crippen LogP contribution in [0.1, 0.15) is 10.6 Å². The maximum atomic E-state index is 10.8. The van der Waals surface area contributed by atoms with Crippen LogP contribution in [0.4, 0.5) is 11.4 Å². The average molecular weight is 279 g/mol. The van der Waals surface area contributed by atoms with Crippen LogP contribution < -0.4 is 10.1 Å². The molecule has 0 radical (unpaired) electrons. The second-order valence-corrected chi connectivity index (χ2v) is 4.80. The number of ether oxygens (including phenoxy) is 1. The molecule has 0 spiro atoms. The van der Waals surface area contributed by atoms with Crippen LogP contribution in [-0.2, 0) is 6.54 Å². The van der Waals surface area contributed by atoms with Gasteiger partial charge in [-0.1, -0.05) is 0 Å². The summed E-state index contributed by atoms with van der Waals surface area (Å²) in [6.45, 7) is 2.49. The van der Waals surface area contributed by atoms with Gasteiger partial charge in [0.2, 0.25) is 0 Å². The lowest BCUT2D eigenvalue weighted by Gasteiger charge is -2.10. The Morgan fingerprint density at radius 2 is 2.32 bits per heavy atom. The lowest BCUT2D eigenvalue weighted by atomic mass is 10.2. The molecule has 2 rings (SSSR count). The zero-order valence-electron chi connectivity index (χ0n) is 10.5.